The zero-order chi connectivity index (χ0) is 18.4. The van der Waals surface area contributed by atoms with Crippen LogP contribution >= 0.6 is 11.3 Å². The molecule has 0 aliphatic heterocycles. The van der Waals surface area contributed by atoms with E-state index in [1.165, 1.54) is 9.44 Å². The lowest BCUT2D eigenvalue weighted by atomic mass is 10.1. The van der Waals surface area contributed by atoms with Crippen LogP contribution in [0.25, 0.3) is 21.6 Å². The van der Waals surface area contributed by atoms with Crippen LogP contribution in [0.2, 0.25) is 0 Å². The Hall–Kier alpha value is -2.47. The zero-order valence-corrected chi connectivity index (χ0v) is 15.7. The maximum Gasteiger partial charge on any atom is 0.263 e. The van der Waals surface area contributed by atoms with E-state index in [-0.39, 0.29) is 5.56 Å². The number of primary amides is 1. The summed E-state index contributed by atoms with van der Waals surface area (Å²) in [7, 11) is 0. The minimum atomic E-state index is -0.701. The van der Waals surface area contributed by atoms with Gasteiger partial charge in [0.15, 0.2) is 0 Å². The Balaban J connectivity index is 2.07. The lowest BCUT2D eigenvalue weighted by Crippen LogP contribution is -2.35. The molecule has 2 N–H and O–H groups in total. The molecule has 0 spiro atoms. The van der Waals surface area contributed by atoms with Gasteiger partial charge in [0, 0.05) is 10.4 Å². The van der Waals surface area contributed by atoms with Crippen molar-refractivity contribution in [3.63, 3.8) is 0 Å². The summed E-state index contributed by atoms with van der Waals surface area (Å²) in [6.07, 6.45) is 3.43. The van der Waals surface area contributed by atoms with Crippen molar-refractivity contribution >= 4 is 27.5 Å². The molecule has 6 heteroatoms. The SMILES string of the molecule is CCC(C(N)=O)n1c(-c2ccc(C)cc2)nc2sc3c(c2c1=O)CCC3. The van der Waals surface area contributed by atoms with Gasteiger partial charge in [-0.1, -0.05) is 36.8 Å². The number of fused-ring (bicyclic) bond motifs is 3. The van der Waals surface area contributed by atoms with Crippen molar-refractivity contribution in [1.82, 2.24) is 9.55 Å². The van der Waals surface area contributed by atoms with E-state index in [9.17, 15) is 9.59 Å². The number of aryl methyl sites for hydroxylation is 3. The Morgan fingerprint density at radius 3 is 2.69 bits per heavy atom. The van der Waals surface area contributed by atoms with Crippen LogP contribution in [0.15, 0.2) is 29.1 Å². The van der Waals surface area contributed by atoms with E-state index in [2.05, 4.69) is 0 Å². The maximum atomic E-state index is 13.4. The van der Waals surface area contributed by atoms with Crippen molar-refractivity contribution in [2.24, 2.45) is 5.73 Å². The van der Waals surface area contributed by atoms with E-state index >= 15 is 0 Å². The number of nitrogens with zero attached hydrogens (tertiary/aromatic N) is 2. The summed E-state index contributed by atoms with van der Waals surface area (Å²) in [5.74, 6) is 0.0176. The third-order valence-corrected chi connectivity index (χ3v) is 6.29. The van der Waals surface area contributed by atoms with Crippen LogP contribution in [-0.4, -0.2) is 15.5 Å². The maximum absolute atomic E-state index is 13.4. The van der Waals surface area contributed by atoms with Crippen molar-refractivity contribution in [3.05, 3.63) is 50.6 Å². The molecule has 2 heterocycles. The average molecular weight is 367 g/mol. The quantitative estimate of drug-likeness (QED) is 0.768. The summed E-state index contributed by atoms with van der Waals surface area (Å²) in [5.41, 5.74) is 8.55. The first-order valence-corrected chi connectivity index (χ1v) is 9.76. The van der Waals surface area contributed by atoms with Gasteiger partial charge in [0.2, 0.25) is 5.91 Å². The Morgan fingerprint density at radius 2 is 2.04 bits per heavy atom. The van der Waals surface area contributed by atoms with Gasteiger partial charge >= 0.3 is 0 Å². The molecule has 0 saturated carbocycles. The van der Waals surface area contributed by atoms with Crippen LogP contribution in [0.4, 0.5) is 0 Å². The standard InChI is InChI=1S/C20H21N3O2S/c1-3-14(17(21)24)23-18(12-9-7-11(2)8-10-12)22-19-16(20(23)25)13-5-4-6-15(13)26-19/h7-10,14H,3-6H2,1-2H3,(H2,21,24). The molecule has 1 aliphatic carbocycles. The summed E-state index contributed by atoms with van der Waals surface area (Å²) < 4.78 is 1.51. The molecule has 0 bridgehead atoms. The Labute approximate surface area is 155 Å². The Bertz CT molecular complexity index is 1060. The molecule has 1 atom stereocenters. The van der Waals surface area contributed by atoms with E-state index in [0.717, 1.165) is 40.8 Å². The fourth-order valence-corrected chi connectivity index (χ4v) is 5.01. The molecule has 5 nitrogen and oxygen atoms in total. The minimum absolute atomic E-state index is 0.143. The van der Waals surface area contributed by atoms with Crippen molar-refractivity contribution in [2.45, 2.75) is 45.6 Å². The molecule has 26 heavy (non-hydrogen) atoms. The predicted octanol–water partition coefficient (Wildman–Crippen LogP) is 3.36. The fourth-order valence-electron chi connectivity index (χ4n) is 3.76. The Morgan fingerprint density at radius 1 is 1.31 bits per heavy atom. The number of carbonyl (C=O) groups excluding carboxylic acids is 1. The topological polar surface area (TPSA) is 78.0 Å². The molecule has 1 aliphatic rings. The van der Waals surface area contributed by atoms with Crippen LogP contribution in [0.1, 0.15) is 41.8 Å². The summed E-state index contributed by atoms with van der Waals surface area (Å²) in [5, 5.41) is 0.679. The molecule has 4 rings (SSSR count). The highest BCUT2D eigenvalue weighted by atomic mass is 32.1. The number of hydrogen-bond donors (Lipinski definition) is 1. The van der Waals surface area contributed by atoms with E-state index in [0.29, 0.717) is 17.6 Å². The van der Waals surface area contributed by atoms with Crippen molar-refractivity contribution < 1.29 is 4.79 Å². The molecule has 2 aromatic heterocycles. The number of amides is 1. The second kappa shape index (κ2) is 6.36. The van der Waals surface area contributed by atoms with Crippen molar-refractivity contribution in [1.29, 1.82) is 0 Å². The summed E-state index contributed by atoms with van der Waals surface area (Å²) >= 11 is 1.61. The highest BCUT2D eigenvalue weighted by molar-refractivity contribution is 7.18. The molecule has 1 aromatic carbocycles. The predicted molar refractivity (Wildman–Crippen MR) is 105 cm³/mol. The van der Waals surface area contributed by atoms with Crippen molar-refractivity contribution in [3.8, 4) is 11.4 Å². The second-order valence-electron chi connectivity index (χ2n) is 6.84. The molecule has 0 fully saturated rings. The zero-order valence-electron chi connectivity index (χ0n) is 14.9. The number of nitrogens with two attached hydrogens (primary N) is 1. The molecular weight excluding hydrogens is 346 g/mol. The number of hydrogen-bond acceptors (Lipinski definition) is 4. The number of rotatable bonds is 4. The molecule has 3 aromatic rings. The first-order chi connectivity index (χ1) is 12.5. The molecule has 134 valence electrons. The number of aromatic nitrogens is 2. The van der Waals surface area contributed by atoms with E-state index < -0.39 is 11.9 Å². The molecular formula is C20H21N3O2S. The second-order valence-corrected chi connectivity index (χ2v) is 7.92. The van der Waals surface area contributed by atoms with Gasteiger partial charge in [-0.2, -0.15) is 0 Å². The minimum Gasteiger partial charge on any atom is -0.368 e. The Kier molecular flexibility index (Phi) is 4.15. The molecule has 0 saturated heterocycles. The van der Waals surface area contributed by atoms with E-state index in [1.807, 2.05) is 38.1 Å². The lowest BCUT2D eigenvalue weighted by molar-refractivity contribution is -0.121. The van der Waals surface area contributed by atoms with Gasteiger partial charge in [-0.15, -0.1) is 11.3 Å². The van der Waals surface area contributed by atoms with Gasteiger partial charge in [0.1, 0.15) is 16.7 Å². The fraction of sp³-hybridized carbons (Fsp3) is 0.350. The van der Waals surface area contributed by atoms with Crippen LogP contribution < -0.4 is 11.3 Å². The van der Waals surface area contributed by atoms with Gasteiger partial charge in [-0.25, -0.2) is 4.98 Å². The smallest absolute Gasteiger partial charge is 0.263 e. The average Bonchev–Trinajstić information content (AvgIpc) is 3.18. The van der Waals surface area contributed by atoms with Crippen LogP contribution in [0.3, 0.4) is 0 Å². The molecule has 1 unspecified atom stereocenters. The highest BCUT2D eigenvalue weighted by Gasteiger charge is 2.27. The monoisotopic (exact) mass is 367 g/mol. The first-order valence-electron chi connectivity index (χ1n) is 8.94. The van der Waals surface area contributed by atoms with Crippen LogP contribution in [0.5, 0.6) is 0 Å². The third-order valence-electron chi connectivity index (χ3n) is 5.11. The van der Waals surface area contributed by atoms with Gasteiger partial charge in [0.05, 0.1) is 5.39 Å². The van der Waals surface area contributed by atoms with Gasteiger partial charge < -0.3 is 5.73 Å². The summed E-state index contributed by atoms with van der Waals surface area (Å²) in [6, 6.07) is 7.14. The van der Waals surface area contributed by atoms with Gasteiger partial charge in [-0.3, -0.25) is 14.2 Å². The number of thiophene rings is 1. The molecule has 1 amide bonds. The van der Waals surface area contributed by atoms with Crippen LogP contribution in [0, 0.1) is 6.92 Å². The normalized spacial score (nSPS) is 14.5. The highest BCUT2D eigenvalue weighted by Crippen LogP contribution is 2.36. The number of benzene rings is 1. The molecule has 0 radical (unpaired) electrons. The third kappa shape index (κ3) is 2.56. The van der Waals surface area contributed by atoms with E-state index in [4.69, 9.17) is 10.7 Å². The summed E-state index contributed by atoms with van der Waals surface area (Å²) in [6.45, 7) is 3.87. The van der Waals surface area contributed by atoms with Gasteiger partial charge in [-0.05, 0) is 38.2 Å². The number of carbonyl (C=O) groups is 1. The summed E-state index contributed by atoms with van der Waals surface area (Å²) in [4.78, 5) is 32.4. The lowest BCUT2D eigenvalue weighted by Gasteiger charge is -2.19. The van der Waals surface area contributed by atoms with E-state index in [1.54, 1.807) is 11.3 Å². The van der Waals surface area contributed by atoms with Gasteiger partial charge in [0.25, 0.3) is 5.56 Å². The first kappa shape index (κ1) is 17.0. The largest absolute Gasteiger partial charge is 0.368 e. The van der Waals surface area contributed by atoms with Crippen molar-refractivity contribution in [2.75, 3.05) is 0 Å². The van der Waals surface area contributed by atoms with Crippen LogP contribution in [-0.2, 0) is 17.6 Å².